The van der Waals surface area contributed by atoms with Gasteiger partial charge < -0.3 is 10.1 Å². The number of carbonyl (C=O) groups is 1. The molecule has 4 heteroatoms. The lowest BCUT2D eigenvalue weighted by molar-refractivity contribution is -0.120. The lowest BCUT2D eigenvalue weighted by Gasteiger charge is -2.12. The summed E-state index contributed by atoms with van der Waals surface area (Å²) in [5, 5.41) is 5.11. The van der Waals surface area contributed by atoms with Crippen LogP contribution in [0.1, 0.15) is 25.3 Å². The van der Waals surface area contributed by atoms with Gasteiger partial charge >= 0.3 is 0 Å². The van der Waals surface area contributed by atoms with Gasteiger partial charge in [0.1, 0.15) is 5.75 Å². The average Bonchev–Trinajstić information content (AvgIpc) is 2.47. The fourth-order valence-corrected chi connectivity index (χ4v) is 2.73. The molecular weight excluding hydrogens is 330 g/mol. The number of hydrogen-bond donors (Lipinski definition) is 1. The number of nitrogens with one attached hydrogen (secondary N) is 1. The van der Waals surface area contributed by atoms with E-state index in [4.69, 9.17) is 4.74 Å². The van der Waals surface area contributed by atoms with Gasteiger partial charge in [-0.05, 0) is 35.4 Å². The number of carbonyl (C=O) groups excluding carboxylic acids is 1. The van der Waals surface area contributed by atoms with Crippen molar-refractivity contribution in [3.63, 3.8) is 0 Å². The van der Waals surface area contributed by atoms with Gasteiger partial charge in [-0.3, -0.25) is 4.79 Å². The van der Waals surface area contributed by atoms with E-state index in [-0.39, 0.29) is 5.91 Å². The summed E-state index contributed by atoms with van der Waals surface area (Å²) in [5.41, 5.74) is 0.941. The molecule has 0 aliphatic carbocycles. The van der Waals surface area contributed by atoms with E-state index in [0.717, 1.165) is 45.9 Å². The van der Waals surface area contributed by atoms with Crippen molar-refractivity contribution in [2.75, 3.05) is 13.7 Å². The van der Waals surface area contributed by atoms with Crippen molar-refractivity contribution in [3.8, 4) is 5.75 Å². The molecule has 1 amide bonds. The number of hydrogen-bond acceptors (Lipinski definition) is 2. The molecule has 0 fully saturated rings. The zero-order valence-electron chi connectivity index (χ0n) is 12.4. The third-order valence-electron chi connectivity index (χ3n) is 3.46. The van der Waals surface area contributed by atoms with Gasteiger partial charge in [0.15, 0.2) is 0 Å². The summed E-state index contributed by atoms with van der Waals surface area (Å²) >= 11 is 3.47. The van der Waals surface area contributed by atoms with E-state index < -0.39 is 0 Å². The Morgan fingerprint density at radius 3 is 2.81 bits per heavy atom. The van der Waals surface area contributed by atoms with E-state index >= 15 is 0 Å². The molecule has 0 atom stereocenters. The van der Waals surface area contributed by atoms with Crippen LogP contribution in [-0.2, 0) is 11.2 Å². The second kappa shape index (κ2) is 7.46. The monoisotopic (exact) mass is 349 g/mol. The van der Waals surface area contributed by atoms with Crippen LogP contribution >= 0.6 is 15.9 Å². The highest BCUT2D eigenvalue weighted by Crippen LogP contribution is 2.30. The fourth-order valence-electron chi connectivity index (χ4n) is 2.35. The Morgan fingerprint density at radius 1 is 1.29 bits per heavy atom. The van der Waals surface area contributed by atoms with Crippen molar-refractivity contribution in [2.45, 2.75) is 26.2 Å². The van der Waals surface area contributed by atoms with E-state index in [9.17, 15) is 4.79 Å². The molecule has 2 aromatic rings. The van der Waals surface area contributed by atoms with E-state index in [1.54, 1.807) is 7.11 Å². The highest BCUT2D eigenvalue weighted by atomic mass is 79.9. The maximum Gasteiger partial charge on any atom is 0.224 e. The number of ether oxygens (including phenoxy) is 1. The molecule has 0 radical (unpaired) electrons. The van der Waals surface area contributed by atoms with Crippen LogP contribution < -0.4 is 10.1 Å². The Labute approximate surface area is 133 Å². The Kier molecular flexibility index (Phi) is 5.62. The van der Waals surface area contributed by atoms with Crippen LogP contribution in [0.15, 0.2) is 34.8 Å². The van der Waals surface area contributed by atoms with Crippen LogP contribution in [0, 0.1) is 0 Å². The molecule has 21 heavy (non-hydrogen) atoms. The highest BCUT2D eigenvalue weighted by Gasteiger charge is 2.12. The van der Waals surface area contributed by atoms with Gasteiger partial charge in [-0.25, -0.2) is 0 Å². The van der Waals surface area contributed by atoms with Gasteiger partial charge in [0.25, 0.3) is 0 Å². The predicted octanol–water partition coefficient (Wildman–Crippen LogP) is 4.07. The molecule has 2 aromatic carbocycles. The summed E-state index contributed by atoms with van der Waals surface area (Å²) in [6.45, 7) is 2.84. The van der Waals surface area contributed by atoms with Gasteiger partial charge in [-0.2, -0.15) is 0 Å². The van der Waals surface area contributed by atoms with Gasteiger partial charge in [-0.1, -0.05) is 41.4 Å². The number of amides is 1. The lowest BCUT2D eigenvalue weighted by atomic mass is 10.0. The first-order valence-electron chi connectivity index (χ1n) is 7.17. The van der Waals surface area contributed by atoms with Crippen molar-refractivity contribution in [2.24, 2.45) is 0 Å². The van der Waals surface area contributed by atoms with E-state index in [2.05, 4.69) is 28.2 Å². The first-order chi connectivity index (χ1) is 10.2. The number of benzene rings is 2. The summed E-state index contributed by atoms with van der Waals surface area (Å²) in [7, 11) is 1.64. The average molecular weight is 350 g/mol. The van der Waals surface area contributed by atoms with Crippen molar-refractivity contribution in [1.82, 2.24) is 5.32 Å². The van der Waals surface area contributed by atoms with Crippen molar-refractivity contribution in [3.05, 3.63) is 40.4 Å². The van der Waals surface area contributed by atoms with Crippen LogP contribution in [0.5, 0.6) is 5.75 Å². The molecule has 2 rings (SSSR count). The third-order valence-corrected chi connectivity index (χ3v) is 3.95. The first-order valence-corrected chi connectivity index (χ1v) is 7.96. The lowest BCUT2D eigenvalue weighted by Crippen LogP contribution is -2.26. The quantitative estimate of drug-likeness (QED) is 0.798. The molecule has 0 bridgehead atoms. The molecule has 0 spiro atoms. The van der Waals surface area contributed by atoms with Gasteiger partial charge in [-0.15, -0.1) is 0 Å². The van der Waals surface area contributed by atoms with Crippen molar-refractivity contribution in [1.29, 1.82) is 0 Å². The zero-order valence-corrected chi connectivity index (χ0v) is 14.0. The maximum atomic E-state index is 12.1. The number of methoxy groups -OCH3 is 1. The molecule has 0 aliphatic rings. The molecule has 3 nitrogen and oxygen atoms in total. The van der Waals surface area contributed by atoms with Crippen LogP contribution in [0.2, 0.25) is 0 Å². The third kappa shape index (κ3) is 3.97. The highest BCUT2D eigenvalue weighted by molar-refractivity contribution is 9.10. The SMILES string of the molecule is CCCCNC(=O)Cc1c(OC)ccc2cc(Br)ccc12. The fraction of sp³-hybridized carbons (Fsp3) is 0.353. The molecule has 0 saturated heterocycles. The smallest absolute Gasteiger partial charge is 0.224 e. The minimum Gasteiger partial charge on any atom is -0.496 e. The number of rotatable bonds is 6. The summed E-state index contributed by atoms with van der Waals surface area (Å²) in [5.74, 6) is 0.799. The number of unbranched alkanes of at least 4 members (excludes halogenated alkanes) is 1. The van der Waals surface area contributed by atoms with E-state index in [0.29, 0.717) is 6.42 Å². The Hall–Kier alpha value is -1.55. The molecule has 0 aromatic heterocycles. The molecule has 1 N–H and O–H groups in total. The minimum atomic E-state index is 0.0390. The van der Waals surface area contributed by atoms with Crippen LogP contribution in [0.3, 0.4) is 0 Å². The standard InChI is InChI=1S/C17H20BrNO2/c1-3-4-9-19-17(20)11-15-14-7-6-13(18)10-12(14)5-8-16(15)21-2/h5-8,10H,3-4,9,11H2,1-2H3,(H,19,20). The zero-order chi connectivity index (χ0) is 15.2. The second-order valence-corrected chi connectivity index (χ2v) is 5.91. The summed E-state index contributed by atoms with van der Waals surface area (Å²) in [6, 6.07) is 9.99. The van der Waals surface area contributed by atoms with Crippen LogP contribution in [0.4, 0.5) is 0 Å². The molecule has 0 heterocycles. The first kappa shape index (κ1) is 15.8. The number of fused-ring (bicyclic) bond motifs is 1. The summed E-state index contributed by atoms with van der Waals surface area (Å²) in [4.78, 5) is 12.1. The molecule has 0 unspecified atom stereocenters. The second-order valence-electron chi connectivity index (χ2n) is 4.99. The minimum absolute atomic E-state index is 0.0390. The maximum absolute atomic E-state index is 12.1. The summed E-state index contributed by atoms with van der Waals surface area (Å²) < 4.78 is 6.44. The van der Waals surface area contributed by atoms with Crippen LogP contribution in [-0.4, -0.2) is 19.6 Å². The van der Waals surface area contributed by atoms with E-state index in [1.165, 1.54) is 0 Å². The van der Waals surface area contributed by atoms with Crippen molar-refractivity contribution >= 4 is 32.6 Å². The Balaban J connectivity index is 2.29. The van der Waals surface area contributed by atoms with E-state index in [1.807, 2.05) is 30.3 Å². The van der Waals surface area contributed by atoms with Crippen LogP contribution in [0.25, 0.3) is 10.8 Å². The topological polar surface area (TPSA) is 38.3 Å². The van der Waals surface area contributed by atoms with Gasteiger partial charge in [0.05, 0.1) is 13.5 Å². The normalized spacial score (nSPS) is 10.6. The molecular formula is C17H20BrNO2. The summed E-state index contributed by atoms with van der Waals surface area (Å²) in [6.07, 6.45) is 2.42. The Bertz CT molecular complexity index is 640. The van der Waals surface area contributed by atoms with Crippen molar-refractivity contribution < 1.29 is 9.53 Å². The Morgan fingerprint density at radius 2 is 2.10 bits per heavy atom. The van der Waals surface area contributed by atoms with Gasteiger partial charge in [0.2, 0.25) is 5.91 Å². The molecule has 0 aliphatic heterocycles. The molecule has 112 valence electrons. The molecule has 0 saturated carbocycles. The number of halogens is 1. The predicted molar refractivity (Wildman–Crippen MR) is 89.8 cm³/mol. The largest absolute Gasteiger partial charge is 0.496 e. The van der Waals surface area contributed by atoms with Gasteiger partial charge in [0, 0.05) is 16.6 Å².